The molecule has 0 unspecified atom stereocenters. The van der Waals surface area contributed by atoms with Crippen molar-refractivity contribution in [1.29, 1.82) is 0 Å². The molecule has 0 bridgehead atoms. The second-order valence-electron chi connectivity index (χ2n) is 4.40. The molecule has 0 aliphatic heterocycles. The van der Waals surface area contributed by atoms with Crippen LogP contribution in [0.3, 0.4) is 0 Å². The molecule has 0 aliphatic carbocycles. The van der Waals surface area contributed by atoms with Gasteiger partial charge in [-0.2, -0.15) is 0 Å². The standard InChI is InChI=1S/C14H16N6/c1-4-20(14-16-10(2)9-11(3)17-14)13-7-5-12(6-8-13)18-19-15/h5-9H,4H2,1-3H3. The molecule has 0 fully saturated rings. The van der Waals surface area contributed by atoms with Crippen molar-refractivity contribution >= 4 is 17.3 Å². The van der Waals surface area contributed by atoms with E-state index in [0.29, 0.717) is 11.6 Å². The van der Waals surface area contributed by atoms with Gasteiger partial charge in [0.15, 0.2) is 0 Å². The van der Waals surface area contributed by atoms with E-state index in [9.17, 15) is 0 Å². The Balaban J connectivity index is 2.38. The molecule has 20 heavy (non-hydrogen) atoms. The predicted octanol–water partition coefficient (Wildman–Crippen LogP) is 4.19. The fourth-order valence-corrected chi connectivity index (χ4v) is 2.02. The first kappa shape index (κ1) is 13.8. The smallest absolute Gasteiger partial charge is 0.230 e. The fourth-order valence-electron chi connectivity index (χ4n) is 2.02. The molecule has 1 aromatic heterocycles. The molecular weight excluding hydrogens is 252 g/mol. The number of azide groups is 1. The van der Waals surface area contributed by atoms with Crippen LogP contribution in [-0.2, 0) is 0 Å². The van der Waals surface area contributed by atoms with Crippen LogP contribution in [0.25, 0.3) is 10.4 Å². The lowest BCUT2D eigenvalue weighted by Crippen LogP contribution is -2.19. The van der Waals surface area contributed by atoms with Crippen LogP contribution in [-0.4, -0.2) is 16.5 Å². The van der Waals surface area contributed by atoms with Gasteiger partial charge in [-0.3, -0.25) is 0 Å². The Labute approximate surface area is 117 Å². The van der Waals surface area contributed by atoms with E-state index in [1.165, 1.54) is 0 Å². The summed E-state index contributed by atoms with van der Waals surface area (Å²) in [5.74, 6) is 0.682. The van der Waals surface area contributed by atoms with Crippen molar-refractivity contribution in [2.75, 3.05) is 11.4 Å². The molecular formula is C14H16N6. The fraction of sp³-hybridized carbons (Fsp3) is 0.286. The molecule has 0 aliphatic rings. The van der Waals surface area contributed by atoms with E-state index in [1.807, 2.05) is 43.9 Å². The molecule has 1 aromatic carbocycles. The maximum Gasteiger partial charge on any atom is 0.230 e. The third kappa shape index (κ3) is 3.05. The first-order chi connectivity index (χ1) is 9.63. The summed E-state index contributed by atoms with van der Waals surface area (Å²) in [5.41, 5.74) is 11.9. The van der Waals surface area contributed by atoms with Crippen molar-refractivity contribution in [2.24, 2.45) is 5.11 Å². The van der Waals surface area contributed by atoms with Gasteiger partial charge in [0.05, 0.1) is 0 Å². The maximum atomic E-state index is 8.41. The zero-order valence-electron chi connectivity index (χ0n) is 11.8. The quantitative estimate of drug-likeness (QED) is 0.473. The number of aryl methyl sites for hydroxylation is 2. The molecule has 0 saturated carbocycles. The first-order valence-electron chi connectivity index (χ1n) is 6.39. The minimum atomic E-state index is 0.591. The highest BCUT2D eigenvalue weighted by Crippen LogP contribution is 2.25. The molecule has 0 radical (unpaired) electrons. The van der Waals surface area contributed by atoms with E-state index in [4.69, 9.17) is 5.53 Å². The van der Waals surface area contributed by atoms with Crippen LogP contribution in [0.5, 0.6) is 0 Å². The van der Waals surface area contributed by atoms with Gasteiger partial charge < -0.3 is 4.90 Å². The summed E-state index contributed by atoms with van der Waals surface area (Å²) in [6.07, 6.45) is 0. The molecule has 1 heterocycles. The molecule has 102 valence electrons. The van der Waals surface area contributed by atoms with Crippen LogP contribution < -0.4 is 4.90 Å². The monoisotopic (exact) mass is 268 g/mol. The Hall–Kier alpha value is -2.59. The van der Waals surface area contributed by atoms with Gasteiger partial charge >= 0.3 is 0 Å². The molecule has 2 rings (SSSR count). The van der Waals surface area contributed by atoms with Gasteiger partial charge in [0.25, 0.3) is 0 Å². The summed E-state index contributed by atoms with van der Waals surface area (Å²) >= 11 is 0. The molecule has 6 nitrogen and oxygen atoms in total. The number of hydrogen-bond donors (Lipinski definition) is 0. The lowest BCUT2D eigenvalue weighted by Gasteiger charge is -2.21. The highest BCUT2D eigenvalue weighted by atomic mass is 15.3. The highest BCUT2D eigenvalue weighted by molar-refractivity contribution is 5.60. The Morgan fingerprint density at radius 2 is 1.75 bits per heavy atom. The summed E-state index contributed by atoms with van der Waals surface area (Å²) in [6.45, 7) is 6.71. The van der Waals surface area contributed by atoms with Crippen molar-refractivity contribution in [2.45, 2.75) is 20.8 Å². The summed E-state index contributed by atoms with van der Waals surface area (Å²) in [7, 11) is 0. The lowest BCUT2D eigenvalue weighted by molar-refractivity contribution is 0.920. The molecule has 6 heteroatoms. The van der Waals surface area contributed by atoms with Crippen LogP contribution in [0.1, 0.15) is 18.3 Å². The minimum absolute atomic E-state index is 0.591. The van der Waals surface area contributed by atoms with Gasteiger partial charge in [0.1, 0.15) is 0 Å². The van der Waals surface area contributed by atoms with E-state index in [0.717, 1.165) is 23.6 Å². The van der Waals surface area contributed by atoms with Gasteiger partial charge in [-0.1, -0.05) is 17.2 Å². The summed E-state index contributed by atoms with van der Waals surface area (Å²) < 4.78 is 0. The summed E-state index contributed by atoms with van der Waals surface area (Å²) in [5, 5.41) is 3.56. The second-order valence-corrected chi connectivity index (χ2v) is 4.40. The number of rotatable bonds is 4. The molecule has 0 saturated heterocycles. The van der Waals surface area contributed by atoms with Gasteiger partial charge in [0.2, 0.25) is 5.95 Å². The average molecular weight is 268 g/mol. The normalized spacial score (nSPS) is 9.95. The van der Waals surface area contributed by atoms with Gasteiger partial charge in [-0.15, -0.1) is 0 Å². The number of aromatic nitrogens is 2. The third-order valence-corrected chi connectivity index (χ3v) is 2.85. The Morgan fingerprint density at radius 1 is 1.15 bits per heavy atom. The summed E-state index contributed by atoms with van der Waals surface area (Å²) in [6, 6.07) is 9.30. The Kier molecular flexibility index (Phi) is 4.17. The van der Waals surface area contributed by atoms with Gasteiger partial charge in [-0.25, -0.2) is 9.97 Å². The van der Waals surface area contributed by atoms with Crippen molar-refractivity contribution in [3.8, 4) is 0 Å². The average Bonchev–Trinajstić information content (AvgIpc) is 2.41. The van der Waals surface area contributed by atoms with E-state index in [1.54, 1.807) is 12.1 Å². The first-order valence-corrected chi connectivity index (χ1v) is 6.39. The Bertz CT molecular complexity index is 623. The van der Waals surface area contributed by atoms with Crippen LogP contribution in [0, 0.1) is 13.8 Å². The molecule has 0 amide bonds. The zero-order chi connectivity index (χ0) is 14.5. The van der Waals surface area contributed by atoms with Crippen LogP contribution >= 0.6 is 0 Å². The van der Waals surface area contributed by atoms with Crippen molar-refractivity contribution in [1.82, 2.24) is 9.97 Å². The molecule has 0 atom stereocenters. The van der Waals surface area contributed by atoms with Crippen LogP contribution in [0.2, 0.25) is 0 Å². The van der Waals surface area contributed by atoms with Crippen molar-refractivity contribution in [3.63, 3.8) is 0 Å². The topological polar surface area (TPSA) is 77.8 Å². The second kappa shape index (κ2) is 6.04. The zero-order valence-corrected chi connectivity index (χ0v) is 11.8. The largest absolute Gasteiger partial charge is 0.311 e. The van der Waals surface area contributed by atoms with Gasteiger partial charge in [-0.05, 0) is 44.5 Å². The maximum absolute atomic E-state index is 8.41. The molecule has 2 aromatic rings. The lowest BCUT2D eigenvalue weighted by atomic mass is 10.2. The van der Waals surface area contributed by atoms with E-state index < -0.39 is 0 Å². The van der Waals surface area contributed by atoms with Crippen LogP contribution in [0.15, 0.2) is 35.4 Å². The van der Waals surface area contributed by atoms with Crippen molar-refractivity contribution < 1.29 is 0 Å². The van der Waals surface area contributed by atoms with Gasteiger partial charge in [0, 0.05) is 34.2 Å². The SMILES string of the molecule is CCN(c1ccc(N=[N+]=[N-])cc1)c1nc(C)cc(C)n1. The third-order valence-electron chi connectivity index (χ3n) is 2.85. The number of nitrogens with zero attached hydrogens (tertiary/aromatic N) is 6. The van der Waals surface area contributed by atoms with Crippen molar-refractivity contribution in [3.05, 3.63) is 52.2 Å². The highest BCUT2D eigenvalue weighted by Gasteiger charge is 2.11. The Morgan fingerprint density at radius 3 is 2.25 bits per heavy atom. The van der Waals surface area contributed by atoms with E-state index in [2.05, 4.69) is 20.0 Å². The minimum Gasteiger partial charge on any atom is -0.311 e. The number of anilines is 2. The van der Waals surface area contributed by atoms with E-state index >= 15 is 0 Å². The molecule has 0 spiro atoms. The number of hydrogen-bond acceptors (Lipinski definition) is 4. The summed E-state index contributed by atoms with van der Waals surface area (Å²) in [4.78, 5) is 13.7. The van der Waals surface area contributed by atoms with Crippen LogP contribution in [0.4, 0.5) is 17.3 Å². The van der Waals surface area contributed by atoms with E-state index in [-0.39, 0.29) is 0 Å². The predicted molar refractivity (Wildman–Crippen MR) is 79.4 cm³/mol. The molecule has 0 N–H and O–H groups in total. The number of benzene rings is 1.